The van der Waals surface area contributed by atoms with Crippen molar-refractivity contribution in [2.45, 2.75) is 57.3 Å². The molecule has 0 amide bonds. The zero-order valence-electron chi connectivity index (χ0n) is 31.8. The minimum atomic E-state index is -4.81. The highest BCUT2D eigenvalue weighted by Crippen LogP contribution is 2.43. The van der Waals surface area contributed by atoms with Gasteiger partial charge in [-0.05, 0) is 74.5 Å². The van der Waals surface area contributed by atoms with E-state index in [0.29, 0.717) is 11.5 Å². The number of carbonyl (C=O) groups is 1. The molecule has 324 valence electrons. The molecule has 1 fully saturated rings. The quantitative estimate of drug-likeness (QED) is 0.0942. The minimum absolute atomic E-state index is 0.116. The molecule has 0 saturated carbocycles. The average molecular weight is 989 g/mol. The average Bonchev–Trinajstić information content (AvgIpc) is 4.01. The molecule has 2 aromatic carbocycles. The molecule has 1 aliphatic rings. The summed E-state index contributed by atoms with van der Waals surface area (Å²) >= 11 is 6.54. The highest BCUT2D eigenvalue weighted by Gasteiger charge is 2.49. The van der Waals surface area contributed by atoms with Crippen LogP contribution in [0.5, 0.6) is 23.3 Å². The van der Waals surface area contributed by atoms with E-state index in [2.05, 4.69) is 62.0 Å². The fourth-order valence-electron chi connectivity index (χ4n) is 5.24. The van der Waals surface area contributed by atoms with Gasteiger partial charge in [-0.3, -0.25) is 4.79 Å². The molecule has 4 aromatic heterocycles. The summed E-state index contributed by atoms with van der Waals surface area (Å²) < 4.78 is 108. The molecule has 6 aromatic rings. The number of halogens is 8. The van der Waals surface area contributed by atoms with Crippen LogP contribution in [-0.2, 0) is 40.7 Å². The van der Waals surface area contributed by atoms with E-state index in [4.69, 9.17) is 29.2 Å². The number of Topliss-reactive ketones (excluding diaryl/α,β-unsaturated/α-hetero) is 1. The van der Waals surface area contributed by atoms with E-state index >= 15 is 0 Å². The Bertz CT molecular complexity index is 2320. The third kappa shape index (κ3) is 13.3. The van der Waals surface area contributed by atoms with Gasteiger partial charge in [0.25, 0.3) is 0 Å². The van der Waals surface area contributed by atoms with E-state index < -0.39 is 53.1 Å². The number of benzene rings is 2. The summed E-state index contributed by atoms with van der Waals surface area (Å²) in [6.07, 6.45) is -5.46. The van der Waals surface area contributed by atoms with Gasteiger partial charge >= 0.3 is 12.4 Å². The summed E-state index contributed by atoms with van der Waals surface area (Å²) in [5, 5.41) is 23.7. The van der Waals surface area contributed by atoms with Crippen molar-refractivity contribution in [3.05, 3.63) is 130 Å². The molecule has 0 radical (unpaired) electrons. The lowest BCUT2D eigenvalue weighted by Crippen LogP contribution is -2.36. The largest absolute Gasteiger partial charge is 0.439 e. The second-order valence-corrected chi connectivity index (χ2v) is 14.7. The number of ether oxygens (including phenoxy) is 4. The first-order chi connectivity index (χ1) is 28.8. The number of ketones is 1. The zero-order valence-corrected chi connectivity index (χ0v) is 34.9. The number of rotatable bonds is 11. The van der Waals surface area contributed by atoms with Gasteiger partial charge < -0.3 is 29.2 Å². The van der Waals surface area contributed by atoms with E-state index in [-0.39, 0.29) is 43.6 Å². The summed E-state index contributed by atoms with van der Waals surface area (Å²) in [7, 11) is 0. The first-order valence-electron chi connectivity index (χ1n) is 17.7. The van der Waals surface area contributed by atoms with Gasteiger partial charge in [0.2, 0.25) is 17.5 Å². The molecule has 7 rings (SSSR count). The maximum absolute atomic E-state index is 13.9. The summed E-state index contributed by atoms with van der Waals surface area (Å²) in [4.78, 5) is 26.9. The number of nitrogens with zero attached hydrogens (tertiary/aromatic N) is 8. The molecule has 1 saturated heterocycles. The number of hydrogen-bond donors (Lipinski definition) is 2. The normalized spacial score (nSPS) is 16.8. The van der Waals surface area contributed by atoms with Gasteiger partial charge in [0.15, 0.2) is 17.2 Å². The van der Waals surface area contributed by atoms with Gasteiger partial charge in [-0.25, -0.2) is 29.3 Å². The fraction of sp³-hybridized carbons (Fsp3) is 0.289. The zero-order chi connectivity index (χ0) is 44.4. The fourth-order valence-corrected chi connectivity index (χ4v) is 5.76. The maximum atomic E-state index is 13.9. The monoisotopic (exact) mass is 986 g/mol. The lowest BCUT2D eigenvalue weighted by Gasteiger charge is -2.30. The molecule has 3 atom stereocenters. The van der Waals surface area contributed by atoms with Crippen LogP contribution in [0.25, 0.3) is 0 Å². The summed E-state index contributed by atoms with van der Waals surface area (Å²) in [6, 6.07) is 18.0. The third-order valence-corrected chi connectivity index (χ3v) is 8.93. The van der Waals surface area contributed by atoms with Crippen molar-refractivity contribution >= 4 is 37.6 Å². The Hall–Kier alpha value is -5.33. The maximum Gasteiger partial charge on any atom is 0.434 e. The van der Waals surface area contributed by atoms with Crippen LogP contribution in [-0.4, -0.2) is 80.9 Å². The van der Waals surface area contributed by atoms with Crippen molar-refractivity contribution in [3.63, 3.8) is 0 Å². The van der Waals surface area contributed by atoms with Crippen molar-refractivity contribution < 1.29 is 60.3 Å². The molecule has 3 unspecified atom stereocenters. The van der Waals surface area contributed by atoms with Crippen molar-refractivity contribution in [3.8, 4) is 23.3 Å². The van der Waals surface area contributed by atoms with Crippen LogP contribution >= 0.6 is 31.9 Å². The Morgan fingerprint density at radius 2 is 1.31 bits per heavy atom. The molecule has 0 aliphatic carbocycles. The van der Waals surface area contributed by atoms with Gasteiger partial charge in [-0.2, -0.15) is 36.5 Å². The molecule has 1 aliphatic heterocycles. The number of aliphatic hydroxyl groups is 2. The summed E-state index contributed by atoms with van der Waals surface area (Å²) in [5.41, 5.74) is -3.27. The highest BCUT2D eigenvalue weighted by atomic mass is 79.9. The van der Waals surface area contributed by atoms with Crippen LogP contribution in [0.2, 0.25) is 0 Å². The number of hydrogen-bond acceptors (Lipinski definition) is 13. The molecular weight excluding hydrogens is 954 g/mol. The minimum Gasteiger partial charge on any atom is -0.439 e. The molecule has 0 spiro atoms. The predicted octanol–water partition coefficient (Wildman–Crippen LogP) is 8.02. The van der Waals surface area contributed by atoms with Gasteiger partial charge in [-0.15, -0.1) is 0 Å². The van der Waals surface area contributed by atoms with E-state index in [0.717, 1.165) is 19.7 Å². The van der Waals surface area contributed by atoms with E-state index in [1.165, 1.54) is 55.1 Å². The third-order valence-electron chi connectivity index (χ3n) is 7.88. The Kier molecular flexibility index (Phi) is 15.7. The molecular formula is C38H34Br2F6N8O7. The van der Waals surface area contributed by atoms with E-state index in [1.54, 1.807) is 55.5 Å². The van der Waals surface area contributed by atoms with Gasteiger partial charge in [0.05, 0.1) is 31.0 Å². The first kappa shape index (κ1) is 46.7. The second-order valence-electron chi connectivity index (χ2n) is 12.8. The first-order valence-corrected chi connectivity index (χ1v) is 19.3. The lowest BCUT2D eigenvalue weighted by molar-refractivity contribution is -0.196. The standard InChI is InChI=1S/C19H16BrF3N4O3.C16H10BrF3N4O2.C3H8O2/c1-12-8-28-18(30-12,9-27-11-24-10-25-27)15-6-7-16(26-17(15)19(21,22)23)29-14-4-2-13(20)3-5-14;17-10-1-3-11(4-2-10)26-14-6-5-12(15(23-14)16(18,19)20)13(25)7-24-9-21-8-22-24;1-3(5)2-4/h2-7,10-12H,8-9H2,1H3;1-6,8-9H,7H2;3-5H,2H2,1H3. The smallest absolute Gasteiger partial charge is 0.434 e. The molecule has 0 bridgehead atoms. The Morgan fingerprint density at radius 3 is 1.75 bits per heavy atom. The van der Waals surface area contributed by atoms with Crippen molar-refractivity contribution in [1.82, 2.24) is 39.5 Å². The Morgan fingerprint density at radius 1 is 0.820 bits per heavy atom. The number of pyridine rings is 2. The highest BCUT2D eigenvalue weighted by molar-refractivity contribution is 9.10. The van der Waals surface area contributed by atoms with E-state index in [9.17, 15) is 31.1 Å². The van der Waals surface area contributed by atoms with Crippen LogP contribution in [0.15, 0.2) is 107 Å². The van der Waals surface area contributed by atoms with Crippen LogP contribution in [0.1, 0.15) is 41.2 Å². The molecule has 23 heteroatoms. The number of aliphatic hydroxyl groups excluding tert-OH is 2. The van der Waals surface area contributed by atoms with Gasteiger partial charge in [0.1, 0.15) is 49.9 Å². The van der Waals surface area contributed by atoms with Gasteiger partial charge in [0, 0.05) is 26.6 Å². The predicted molar refractivity (Wildman–Crippen MR) is 208 cm³/mol. The van der Waals surface area contributed by atoms with Gasteiger partial charge in [-0.1, -0.05) is 31.9 Å². The van der Waals surface area contributed by atoms with Crippen LogP contribution in [0.3, 0.4) is 0 Å². The number of aromatic nitrogens is 8. The number of alkyl halides is 6. The summed E-state index contributed by atoms with van der Waals surface area (Å²) in [6.45, 7) is 2.74. The molecule has 15 nitrogen and oxygen atoms in total. The molecule has 61 heavy (non-hydrogen) atoms. The van der Waals surface area contributed by atoms with Crippen LogP contribution < -0.4 is 9.47 Å². The van der Waals surface area contributed by atoms with Crippen molar-refractivity contribution in [2.75, 3.05) is 13.2 Å². The second kappa shape index (κ2) is 20.5. The molecule has 2 N–H and O–H groups in total. The topological polar surface area (TPSA) is 182 Å². The van der Waals surface area contributed by atoms with Crippen molar-refractivity contribution in [1.29, 1.82) is 0 Å². The van der Waals surface area contributed by atoms with Crippen LogP contribution in [0, 0.1) is 0 Å². The Labute approximate surface area is 359 Å². The van der Waals surface area contributed by atoms with E-state index in [1.807, 2.05) is 0 Å². The number of carbonyl (C=O) groups excluding carboxylic acids is 1. The molecule has 5 heterocycles. The van der Waals surface area contributed by atoms with Crippen molar-refractivity contribution in [2.24, 2.45) is 0 Å². The SMILES string of the molecule is CC(O)CO.CC1COC(Cn2cncn2)(c2ccc(Oc3ccc(Br)cc3)nc2C(F)(F)F)O1.O=C(Cn1cncn1)c1ccc(Oc2ccc(Br)cc2)nc1C(F)(F)F. The van der Waals surface area contributed by atoms with Crippen LogP contribution in [0.4, 0.5) is 26.3 Å². The lowest BCUT2D eigenvalue weighted by atomic mass is 10.0. The summed E-state index contributed by atoms with van der Waals surface area (Å²) in [5.74, 6) is -2.29. The Balaban J connectivity index is 0.000000210.